The second-order valence-electron chi connectivity index (χ2n) is 7.45. The van der Waals surface area contributed by atoms with Crippen molar-refractivity contribution in [2.24, 2.45) is 5.92 Å². The zero-order valence-electron chi connectivity index (χ0n) is 15.3. The molecule has 0 aliphatic heterocycles. The van der Waals surface area contributed by atoms with E-state index in [-0.39, 0.29) is 11.1 Å². The van der Waals surface area contributed by atoms with Crippen LogP contribution in [0.2, 0.25) is 0 Å². The van der Waals surface area contributed by atoms with Gasteiger partial charge in [-0.15, -0.1) is 0 Å². The summed E-state index contributed by atoms with van der Waals surface area (Å²) < 4.78 is 40.9. The van der Waals surface area contributed by atoms with Gasteiger partial charge in [0.2, 0.25) is 5.95 Å². The molecule has 1 aromatic heterocycles. The summed E-state index contributed by atoms with van der Waals surface area (Å²) in [6, 6.07) is 6.12. The van der Waals surface area contributed by atoms with Gasteiger partial charge >= 0.3 is 0 Å². The van der Waals surface area contributed by atoms with Gasteiger partial charge in [-0.2, -0.15) is 4.39 Å². The number of benzene rings is 1. The molecule has 1 heterocycles. The Bertz CT molecular complexity index is 736. The first-order valence-electron chi connectivity index (χ1n) is 9.69. The van der Waals surface area contributed by atoms with Gasteiger partial charge in [-0.3, -0.25) is 0 Å². The van der Waals surface area contributed by atoms with Crippen LogP contribution in [0.4, 0.5) is 13.2 Å². The molecule has 0 saturated heterocycles. The predicted molar refractivity (Wildman–Crippen MR) is 98.4 cm³/mol. The third kappa shape index (κ3) is 4.46. The Hall–Kier alpha value is -1.84. The zero-order chi connectivity index (χ0) is 18.5. The average Bonchev–Trinajstić information content (AvgIpc) is 2.65. The number of pyridine rings is 1. The summed E-state index contributed by atoms with van der Waals surface area (Å²) in [6.45, 7) is 2.23. The first kappa shape index (κ1) is 18.9. The number of nitrogens with zero attached hydrogens (tertiary/aromatic N) is 1. The van der Waals surface area contributed by atoms with Crippen molar-refractivity contribution in [3.8, 4) is 11.1 Å². The highest BCUT2D eigenvalue weighted by atomic mass is 19.2. The molecule has 0 bridgehead atoms. The van der Waals surface area contributed by atoms with Crippen molar-refractivity contribution in [3.63, 3.8) is 0 Å². The molecule has 3 rings (SSSR count). The normalized spacial score (nSPS) is 20.3. The van der Waals surface area contributed by atoms with Gasteiger partial charge in [0.15, 0.2) is 5.82 Å². The van der Waals surface area contributed by atoms with Crippen molar-refractivity contribution in [2.75, 3.05) is 0 Å². The molecule has 0 atom stereocenters. The smallest absolute Gasteiger partial charge is 0.225 e. The molecule has 1 aliphatic rings. The minimum absolute atomic E-state index is 0.257. The minimum atomic E-state index is -1.17. The second kappa shape index (κ2) is 8.70. The number of unbranched alkanes of at least 4 members (excludes halogenated alkanes) is 2. The van der Waals surface area contributed by atoms with Gasteiger partial charge in [0.05, 0.1) is 0 Å². The molecule has 0 unspecified atom stereocenters. The standard InChI is InChI=1S/C22H26F3N/c1-2-3-4-5-15-6-8-16(9-7-15)17-10-11-19(20(23)12-17)18-13-21(24)22(25)26-14-18/h10-16H,2-9H2,1H3. The fourth-order valence-corrected chi connectivity index (χ4v) is 4.06. The summed E-state index contributed by atoms with van der Waals surface area (Å²) in [5.41, 5.74) is 1.52. The van der Waals surface area contributed by atoms with E-state index in [1.807, 2.05) is 6.07 Å². The Morgan fingerprint density at radius 1 is 0.962 bits per heavy atom. The largest absolute Gasteiger partial charge is 0.248 e. The molecule has 1 aliphatic carbocycles. The van der Waals surface area contributed by atoms with Gasteiger partial charge in [-0.25, -0.2) is 13.8 Å². The Morgan fingerprint density at radius 3 is 2.38 bits per heavy atom. The number of halogens is 3. The van der Waals surface area contributed by atoms with Crippen molar-refractivity contribution in [3.05, 3.63) is 53.6 Å². The maximum atomic E-state index is 14.6. The molecule has 0 radical (unpaired) electrons. The maximum absolute atomic E-state index is 14.6. The summed E-state index contributed by atoms with van der Waals surface area (Å²) in [4.78, 5) is 3.34. The van der Waals surface area contributed by atoms with Crippen LogP contribution in [-0.4, -0.2) is 4.98 Å². The molecule has 0 amide bonds. The Balaban J connectivity index is 1.66. The molecule has 1 fully saturated rings. The number of hydrogen-bond donors (Lipinski definition) is 0. The summed E-state index contributed by atoms with van der Waals surface area (Å²) in [5, 5.41) is 0. The van der Waals surface area contributed by atoms with E-state index in [9.17, 15) is 13.2 Å². The topological polar surface area (TPSA) is 12.9 Å². The van der Waals surface area contributed by atoms with E-state index in [1.54, 1.807) is 12.1 Å². The van der Waals surface area contributed by atoms with E-state index in [1.165, 1.54) is 38.5 Å². The summed E-state index contributed by atoms with van der Waals surface area (Å²) in [6.07, 6.45) is 11.0. The van der Waals surface area contributed by atoms with E-state index in [4.69, 9.17) is 0 Å². The third-order valence-corrected chi connectivity index (χ3v) is 5.63. The first-order valence-corrected chi connectivity index (χ1v) is 9.69. The molecular weight excluding hydrogens is 335 g/mol. The van der Waals surface area contributed by atoms with Crippen LogP contribution in [0.15, 0.2) is 30.5 Å². The molecular formula is C22H26F3N. The molecule has 0 N–H and O–H groups in total. The van der Waals surface area contributed by atoms with Gasteiger partial charge in [-0.1, -0.05) is 44.7 Å². The van der Waals surface area contributed by atoms with E-state index >= 15 is 0 Å². The van der Waals surface area contributed by atoms with Crippen LogP contribution in [0.1, 0.15) is 69.8 Å². The fraction of sp³-hybridized carbons (Fsp3) is 0.500. The van der Waals surface area contributed by atoms with Crippen LogP contribution < -0.4 is 0 Å². The molecule has 1 saturated carbocycles. The molecule has 1 aromatic carbocycles. The lowest BCUT2D eigenvalue weighted by Crippen LogP contribution is -2.13. The highest BCUT2D eigenvalue weighted by molar-refractivity contribution is 5.63. The third-order valence-electron chi connectivity index (χ3n) is 5.63. The van der Waals surface area contributed by atoms with E-state index in [2.05, 4.69) is 11.9 Å². The number of aromatic nitrogens is 1. The van der Waals surface area contributed by atoms with Gasteiger partial charge in [0.1, 0.15) is 5.82 Å². The summed E-state index contributed by atoms with van der Waals surface area (Å²) in [7, 11) is 0. The lowest BCUT2D eigenvalue weighted by atomic mass is 9.77. The van der Waals surface area contributed by atoms with Gasteiger partial charge in [0, 0.05) is 17.3 Å². The SMILES string of the molecule is CCCCCC1CCC(c2ccc(-c3cnc(F)c(F)c3)c(F)c2)CC1. The summed E-state index contributed by atoms with van der Waals surface area (Å²) in [5.74, 6) is -1.42. The highest BCUT2D eigenvalue weighted by Crippen LogP contribution is 2.38. The minimum Gasteiger partial charge on any atom is -0.225 e. The van der Waals surface area contributed by atoms with E-state index in [0.717, 1.165) is 36.6 Å². The lowest BCUT2D eigenvalue weighted by Gasteiger charge is -2.29. The molecule has 2 aromatic rings. The van der Waals surface area contributed by atoms with Crippen LogP contribution in [-0.2, 0) is 0 Å². The predicted octanol–water partition coefficient (Wildman–Crippen LogP) is 7.02. The molecule has 1 nitrogen and oxygen atoms in total. The van der Waals surface area contributed by atoms with Crippen molar-refractivity contribution in [2.45, 2.75) is 64.2 Å². The monoisotopic (exact) mass is 361 g/mol. The van der Waals surface area contributed by atoms with E-state index < -0.39 is 17.6 Å². The quantitative estimate of drug-likeness (QED) is 0.398. The Kier molecular flexibility index (Phi) is 6.33. The van der Waals surface area contributed by atoms with Gasteiger partial charge in [-0.05, 0) is 55.2 Å². The van der Waals surface area contributed by atoms with Crippen molar-refractivity contribution < 1.29 is 13.2 Å². The van der Waals surface area contributed by atoms with Gasteiger partial charge in [0.25, 0.3) is 0 Å². The highest BCUT2D eigenvalue weighted by Gasteiger charge is 2.23. The molecule has 0 spiro atoms. The molecule has 4 heteroatoms. The molecule has 140 valence electrons. The van der Waals surface area contributed by atoms with Crippen LogP contribution in [0, 0.1) is 23.5 Å². The maximum Gasteiger partial charge on any atom is 0.248 e. The zero-order valence-corrected chi connectivity index (χ0v) is 15.3. The van der Waals surface area contributed by atoms with Crippen molar-refractivity contribution in [1.82, 2.24) is 4.98 Å². The van der Waals surface area contributed by atoms with E-state index in [0.29, 0.717) is 5.92 Å². The van der Waals surface area contributed by atoms with Gasteiger partial charge < -0.3 is 0 Å². The number of hydrogen-bond acceptors (Lipinski definition) is 1. The first-order chi connectivity index (χ1) is 12.6. The summed E-state index contributed by atoms with van der Waals surface area (Å²) >= 11 is 0. The Labute approximate surface area is 153 Å². The lowest BCUT2D eigenvalue weighted by molar-refractivity contribution is 0.302. The molecule has 26 heavy (non-hydrogen) atoms. The van der Waals surface area contributed by atoms with Crippen LogP contribution in [0.3, 0.4) is 0 Å². The van der Waals surface area contributed by atoms with Crippen molar-refractivity contribution in [1.29, 1.82) is 0 Å². The van der Waals surface area contributed by atoms with Crippen molar-refractivity contribution >= 4 is 0 Å². The fourth-order valence-electron chi connectivity index (χ4n) is 4.06. The number of rotatable bonds is 6. The average molecular weight is 361 g/mol. The second-order valence-corrected chi connectivity index (χ2v) is 7.45. The Morgan fingerprint density at radius 2 is 1.73 bits per heavy atom. The van der Waals surface area contributed by atoms with Crippen LogP contribution in [0.5, 0.6) is 0 Å². The van der Waals surface area contributed by atoms with Crippen LogP contribution in [0.25, 0.3) is 11.1 Å². The van der Waals surface area contributed by atoms with Crippen LogP contribution >= 0.6 is 0 Å².